The molecule has 0 unspecified atom stereocenters. The number of halogens is 2. The molecule has 0 saturated heterocycles. The van der Waals surface area contributed by atoms with Gasteiger partial charge in [-0.3, -0.25) is 9.89 Å². The second kappa shape index (κ2) is 5.20. The first kappa shape index (κ1) is 13.9. The summed E-state index contributed by atoms with van der Waals surface area (Å²) in [5.74, 6) is -0.419. The Hall–Kier alpha value is -1.57. The summed E-state index contributed by atoms with van der Waals surface area (Å²) < 4.78 is 22.2. The van der Waals surface area contributed by atoms with Gasteiger partial charge in [0.15, 0.2) is 0 Å². The molecule has 0 aliphatic carbocycles. The molecule has 1 aromatic heterocycles. The smallest absolute Gasteiger partial charge is 0.261 e. The van der Waals surface area contributed by atoms with Crippen molar-refractivity contribution in [1.82, 2.24) is 10.2 Å². The standard InChI is InChI=1S/C10H7Cl2N3O3S/c11-8-3-7(19(12,17)18)1-2-9(8)15-10(16)6-4-13-14-5-6/h1-5H,(H,13,14)(H,15,16). The third-order valence-electron chi connectivity index (χ3n) is 2.23. The van der Waals surface area contributed by atoms with Crippen LogP contribution in [0.3, 0.4) is 0 Å². The van der Waals surface area contributed by atoms with Crippen LogP contribution in [0.4, 0.5) is 5.69 Å². The Morgan fingerprint density at radius 3 is 2.63 bits per heavy atom. The van der Waals surface area contributed by atoms with Crippen molar-refractivity contribution in [2.24, 2.45) is 0 Å². The number of amides is 1. The highest BCUT2D eigenvalue weighted by atomic mass is 35.7. The van der Waals surface area contributed by atoms with E-state index >= 15 is 0 Å². The number of nitrogens with one attached hydrogen (secondary N) is 2. The number of carbonyl (C=O) groups excluding carboxylic acids is 1. The number of hydrogen-bond donors (Lipinski definition) is 2. The first-order valence-corrected chi connectivity index (χ1v) is 7.61. The molecule has 0 aliphatic rings. The third kappa shape index (κ3) is 3.25. The molecule has 0 bridgehead atoms. The van der Waals surface area contributed by atoms with Crippen molar-refractivity contribution in [2.75, 3.05) is 5.32 Å². The predicted molar refractivity (Wildman–Crippen MR) is 71.0 cm³/mol. The minimum Gasteiger partial charge on any atom is -0.321 e. The lowest BCUT2D eigenvalue weighted by atomic mass is 10.3. The molecule has 0 saturated carbocycles. The molecular weight excluding hydrogens is 313 g/mol. The summed E-state index contributed by atoms with van der Waals surface area (Å²) in [6.07, 6.45) is 2.77. The number of aromatic amines is 1. The quantitative estimate of drug-likeness (QED) is 0.848. The van der Waals surface area contributed by atoms with E-state index in [0.717, 1.165) is 6.07 Å². The van der Waals surface area contributed by atoms with Gasteiger partial charge in [0.25, 0.3) is 15.0 Å². The molecule has 19 heavy (non-hydrogen) atoms. The molecule has 1 aromatic carbocycles. The fourth-order valence-corrected chi connectivity index (χ4v) is 2.39. The number of rotatable bonds is 3. The van der Waals surface area contributed by atoms with E-state index in [9.17, 15) is 13.2 Å². The van der Waals surface area contributed by atoms with Gasteiger partial charge in [-0.15, -0.1) is 0 Å². The molecule has 9 heteroatoms. The molecule has 2 aromatic rings. The first-order chi connectivity index (χ1) is 8.88. The molecule has 0 fully saturated rings. The van der Waals surface area contributed by atoms with Gasteiger partial charge in [0.2, 0.25) is 0 Å². The van der Waals surface area contributed by atoms with Gasteiger partial charge in [0, 0.05) is 16.9 Å². The van der Waals surface area contributed by atoms with Crippen molar-refractivity contribution in [3.8, 4) is 0 Å². The van der Waals surface area contributed by atoms with Gasteiger partial charge < -0.3 is 5.32 Å². The van der Waals surface area contributed by atoms with Gasteiger partial charge in [-0.05, 0) is 18.2 Å². The summed E-state index contributed by atoms with van der Waals surface area (Å²) in [7, 11) is 1.33. The highest BCUT2D eigenvalue weighted by molar-refractivity contribution is 8.13. The second-order valence-electron chi connectivity index (χ2n) is 3.52. The monoisotopic (exact) mass is 319 g/mol. The van der Waals surface area contributed by atoms with Gasteiger partial charge in [0.1, 0.15) is 0 Å². The average molecular weight is 320 g/mol. The molecule has 1 heterocycles. The number of carbonyl (C=O) groups is 1. The summed E-state index contributed by atoms with van der Waals surface area (Å²) in [5, 5.41) is 8.73. The van der Waals surface area contributed by atoms with Crippen LogP contribution in [-0.2, 0) is 9.05 Å². The van der Waals surface area contributed by atoms with Crippen LogP contribution in [0.1, 0.15) is 10.4 Å². The Morgan fingerprint density at radius 2 is 2.11 bits per heavy atom. The van der Waals surface area contributed by atoms with Crippen molar-refractivity contribution >= 4 is 42.9 Å². The second-order valence-corrected chi connectivity index (χ2v) is 6.49. The van der Waals surface area contributed by atoms with E-state index < -0.39 is 15.0 Å². The van der Waals surface area contributed by atoms with E-state index in [4.69, 9.17) is 22.3 Å². The Balaban J connectivity index is 2.25. The van der Waals surface area contributed by atoms with Crippen LogP contribution in [0, 0.1) is 0 Å². The molecule has 0 spiro atoms. The molecule has 100 valence electrons. The number of hydrogen-bond acceptors (Lipinski definition) is 4. The molecule has 0 aliphatic heterocycles. The summed E-state index contributed by atoms with van der Waals surface area (Å²) >= 11 is 5.88. The number of aromatic nitrogens is 2. The Kier molecular flexibility index (Phi) is 3.79. The zero-order valence-corrected chi connectivity index (χ0v) is 11.6. The summed E-state index contributed by atoms with van der Waals surface area (Å²) in [4.78, 5) is 11.6. The van der Waals surface area contributed by atoms with Crippen LogP contribution in [0.5, 0.6) is 0 Å². The van der Waals surface area contributed by atoms with Crippen LogP contribution in [-0.4, -0.2) is 24.5 Å². The van der Waals surface area contributed by atoms with Crippen LogP contribution in [0.25, 0.3) is 0 Å². The Bertz CT molecular complexity index is 714. The van der Waals surface area contributed by atoms with Crippen molar-refractivity contribution in [3.63, 3.8) is 0 Å². The maximum atomic E-state index is 11.7. The molecule has 0 atom stereocenters. The Morgan fingerprint density at radius 1 is 1.37 bits per heavy atom. The molecular formula is C10H7Cl2N3O3S. The van der Waals surface area contributed by atoms with E-state index in [1.807, 2.05) is 0 Å². The van der Waals surface area contributed by atoms with E-state index in [2.05, 4.69) is 15.5 Å². The van der Waals surface area contributed by atoms with Crippen molar-refractivity contribution in [2.45, 2.75) is 4.90 Å². The van der Waals surface area contributed by atoms with E-state index in [-0.39, 0.29) is 15.6 Å². The minimum absolute atomic E-state index is 0.0681. The number of nitrogens with zero attached hydrogens (tertiary/aromatic N) is 1. The minimum atomic E-state index is -3.85. The number of H-pyrrole nitrogens is 1. The lowest BCUT2D eigenvalue weighted by molar-refractivity contribution is 0.102. The summed E-state index contributed by atoms with van der Waals surface area (Å²) in [6, 6.07) is 3.77. The third-order valence-corrected chi connectivity index (χ3v) is 3.89. The van der Waals surface area contributed by atoms with E-state index in [1.165, 1.54) is 24.5 Å². The zero-order valence-electron chi connectivity index (χ0n) is 9.22. The fraction of sp³-hybridized carbons (Fsp3) is 0. The number of anilines is 1. The summed E-state index contributed by atoms with van der Waals surface area (Å²) in [6.45, 7) is 0. The topological polar surface area (TPSA) is 91.9 Å². The lowest BCUT2D eigenvalue weighted by Crippen LogP contribution is -2.11. The van der Waals surface area contributed by atoms with Crippen molar-refractivity contribution in [3.05, 3.63) is 41.2 Å². The van der Waals surface area contributed by atoms with E-state index in [0.29, 0.717) is 5.56 Å². The highest BCUT2D eigenvalue weighted by Crippen LogP contribution is 2.27. The maximum absolute atomic E-state index is 11.7. The maximum Gasteiger partial charge on any atom is 0.261 e. The van der Waals surface area contributed by atoms with Crippen LogP contribution in [0.15, 0.2) is 35.5 Å². The van der Waals surface area contributed by atoms with Crippen LogP contribution >= 0.6 is 22.3 Å². The molecule has 1 amide bonds. The molecule has 0 radical (unpaired) electrons. The molecule has 2 rings (SSSR count). The zero-order chi connectivity index (χ0) is 14.0. The highest BCUT2D eigenvalue weighted by Gasteiger charge is 2.14. The Labute approximate surface area is 118 Å². The van der Waals surface area contributed by atoms with E-state index in [1.54, 1.807) is 0 Å². The van der Waals surface area contributed by atoms with Crippen LogP contribution < -0.4 is 5.32 Å². The van der Waals surface area contributed by atoms with Gasteiger partial charge in [-0.2, -0.15) is 5.10 Å². The largest absolute Gasteiger partial charge is 0.321 e. The summed E-state index contributed by atoms with van der Waals surface area (Å²) in [5.41, 5.74) is 0.599. The SMILES string of the molecule is O=C(Nc1ccc(S(=O)(=O)Cl)cc1Cl)c1cn[nH]c1. The molecule has 2 N–H and O–H groups in total. The molecule has 6 nitrogen and oxygen atoms in total. The average Bonchev–Trinajstić information content (AvgIpc) is 2.84. The lowest BCUT2D eigenvalue weighted by Gasteiger charge is -2.06. The van der Waals surface area contributed by atoms with Gasteiger partial charge in [0.05, 0.1) is 27.4 Å². The normalized spacial score (nSPS) is 11.3. The van der Waals surface area contributed by atoms with Gasteiger partial charge >= 0.3 is 0 Å². The number of benzene rings is 1. The van der Waals surface area contributed by atoms with Gasteiger partial charge in [-0.1, -0.05) is 11.6 Å². The predicted octanol–water partition coefficient (Wildman–Crippen LogP) is 2.24. The fourth-order valence-electron chi connectivity index (χ4n) is 1.32. The first-order valence-electron chi connectivity index (χ1n) is 4.92. The van der Waals surface area contributed by atoms with Crippen molar-refractivity contribution in [1.29, 1.82) is 0 Å². The van der Waals surface area contributed by atoms with Crippen molar-refractivity contribution < 1.29 is 13.2 Å². The van der Waals surface area contributed by atoms with Gasteiger partial charge in [-0.25, -0.2) is 8.42 Å². The van der Waals surface area contributed by atoms with Crippen LogP contribution in [0.2, 0.25) is 5.02 Å².